The number of ether oxygens (including phenoxy) is 1. The number of halogens is 1. The van der Waals surface area contributed by atoms with Crippen molar-refractivity contribution in [3.63, 3.8) is 0 Å². The predicted octanol–water partition coefficient (Wildman–Crippen LogP) is 4.26. The van der Waals surface area contributed by atoms with Crippen LogP contribution in [0.15, 0.2) is 71.6 Å². The van der Waals surface area contributed by atoms with Crippen molar-refractivity contribution in [2.75, 3.05) is 16.6 Å². The van der Waals surface area contributed by atoms with Crippen LogP contribution in [0.2, 0.25) is 0 Å². The summed E-state index contributed by atoms with van der Waals surface area (Å²) in [5.41, 5.74) is 2.65. The topological polar surface area (TPSA) is 84.5 Å². The van der Waals surface area contributed by atoms with Crippen LogP contribution in [0.4, 0.5) is 15.8 Å². The molecule has 3 rings (SSSR count). The average Bonchev–Trinajstić information content (AvgIpc) is 2.70. The van der Waals surface area contributed by atoms with Crippen LogP contribution >= 0.6 is 0 Å². The number of rotatable bonds is 7. The van der Waals surface area contributed by atoms with Gasteiger partial charge in [0, 0.05) is 5.69 Å². The molecule has 6 nitrogen and oxygen atoms in total. The minimum atomic E-state index is -3.78. The van der Waals surface area contributed by atoms with Crippen molar-refractivity contribution < 1.29 is 22.3 Å². The highest BCUT2D eigenvalue weighted by Gasteiger charge is 2.16. The van der Waals surface area contributed by atoms with E-state index in [1.165, 1.54) is 42.5 Å². The molecule has 1 amide bonds. The summed E-state index contributed by atoms with van der Waals surface area (Å²) in [6, 6.07) is 17.0. The molecule has 3 aromatic carbocycles. The molecule has 0 aliphatic heterocycles. The zero-order chi connectivity index (χ0) is 21.7. The molecule has 2 N–H and O–H groups in total. The summed E-state index contributed by atoms with van der Waals surface area (Å²) >= 11 is 0. The molecule has 0 radical (unpaired) electrons. The van der Waals surface area contributed by atoms with E-state index in [0.717, 1.165) is 11.1 Å². The van der Waals surface area contributed by atoms with Crippen LogP contribution in [-0.4, -0.2) is 20.9 Å². The van der Waals surface area contributed by atoms with Gasteiger partial charge in [0.25, 0.3) is 15.9 Å². The van der Waals surface area contributed by atoms with E-state index in [-0.39, 0.29) is 17.3 Å². The average molecular weight is 428 g/mol. The van der Waals surface area contributed by atoms with Crippen LogP contribution < -0.4 is 14.8 Å². The molecule has 0 aliphatic carbocycles. The standard InChI is InChI=1S/C22H21FN2O4S/c1-15-7-8-16(2)20(13-15)25-30(27,28)18-11-9-17(10-12-18)24-22(26)14-29-21-6-4-3-5-19(21)23/h3-13,25H,14H2,1-2H3,(H,24,26). The molecule has 0 fully saturated rings. The van der Waals surface area contributed by atoms with Crippen molar-refractivity contribution in [2.45, 2.75) is 18.7 Å². The molecule has 8 heteroatoms. The summed E-state index contributed by atoms with van der Waals surface area (Å²) in [5.74, 6) is -1.08. The van der Waals surface area contributed by atoms with Crippen molar-refractivity contribution in [3.8, 4) is 5.75 Å². The van der Waals surface area contributed by atoms with Crippen LogP contribution in [-0.2, 0) is 14.8 Å². The second-order valence-electron chi connectivity index (χ2n) is 6.72. The molecule has 0 saturated heterocycles. The Morgan fingerprint density at radius 2 is 1.70 bits per heavy atom. The Balaban J connectivity index is 1.63. The number of aryl methyl sites for hydroxylation is 2. The Bertz CT molecular complexity index is 1160. The van der Waals surface area contributed by atoms with Gasteiger partial charge in [0.1, 0.15) is 0 Å². The van der Waals surface area contributed by atoms with Gasteiger partial charge in [0.2, 0.25) is 0 Å². The number of nitrogens with one attached hydrogen (secondary N) is 2. The van der Waals surface area contributed by atoms with Crippen molar-refractivity contribution >= 4 is 27.3 Å². The molecule has 0 heterocycles. The molecule has 0 aliphatic rings. The van der Waals surface area contributed by atoms with E-state index < -0.39 is 21.7 Å². The fourth-order valence-corrected chi connectivity index (χ4v) is 3.79. The maximum Gasteiger partial charge on any atom is 0.262 e. The van der Waals surface area contributed by atoms with Gasteiger partial charge in [-0.3, -0.25) is 9.52 Å². The van der Waals surface area contributed by atoms with Gasteiger partial charge >= 0.3 is 0 Å². The van der Waals surface area contributed by atoms with Gasteiger partial charge in [0.05, 0.1) is 10.6 Å². The molecule has 0 aromatic heterocycles. The Morgan fingerprint density at radius 1 is 1.00 bits per heavy atom. The normalized spacial score (nSPS) is 11.0. The van der Waals surface area contributed by atoms with E-state index in [1.54, 1.807) is 12.1 Å². The number of hydrogen-bond acceptors (Lipinski definition) is 4. The maximum absolute atomic E-state index is 13.5. The highest BCUT2D eigenvalue weighted by atomic mass is 32.2. The first-order valence-corrected chi connectivity index (χ1v) is 10.6. The van der Waals surface area contributed by atoms with Gasteiger partial charge in [-0.05, 0) is 67.4 Å². The molecular weight excluding hydrogens is 407 g/mol. The molecular formula is C22H21FN2O4S. The van der Waals surface area contributed by atoms with Crippen molar-refractivity contribution in [1.29, 1.82) is 0 Å². The third kappa shape index (κ3) is 5.36. The lowest BCUT2D eigenvalue weighted by atomic mass is 10.1. The molecule has 0 spiro atoms. The first kappa shape index (κ1) is 21.3. The van der Waals surface area contributed by atoms with E-state index in [1.807, 2.05) is 26.0 Å². The summed E-state index contributed by atoms with van der Waals surface area (Å²) in [5, 5.41) is 2.57. The largest absolute Gasteiger partial charge is 0.481 e. The van der Waals surface area contributed by atoms with Gasteiger partial charge in [-0.25, -0.2) is 12.8 Å². The van der Waals surface area contributed by atoms with Crippen LogP contribution in [0.25, 0.3) is 0 Å². The molecule has 0 atom stereocenters. The van der Waals surface area contributed by atoms with Gasteiger partial charge in [-0.15, -0.1) is 0 Å². The molecule has 30 heavy (non-hydrogen) atoms. The quantitative estimate of drug-likeness (QED) is 0.589. The summed E-state index contributed by atoms with van der Waals surface area (Å²) in [7, 11) is -3.78. The fourth-order valence-electron chi connectivity index (χ4n) is 2.67. The molecule has 3 aromatic rings. The van der Waals surface area contributed by atoms with Crippen LogP contribution in [0.3, 0.4) is 0 Å². The van der Waals surface area contributed by atoms with Crippen molar-refractivity contribution in [1.82, 2.24) is 0 Å². The van der Waals surface area contributed by atoms with E-state index in [9.17, 15) is 17.6 Å². The van der Waals surface area contributed by atoms with E-state index >= 15 is 0 Å². The molecule has 0 saturated carbocycles. The van der Waals surface area contributed by atoms with Gasteiger partial charge < -0.3 is 10.1 Å². The summed E-state index contributed by atoms with van der Waals surface area (Å²) < 4.78 is 46.5. The molecule has 156 valence electrons. The number of amides is 1. The van der Waals surface area contributed by atoms with Crippen LogP contribution in [0.5, 0.6) is 5.75 Å². The zero-order valence-electron chi connectivity index (χ0n) is 16.5. The summed E-state index contributed by atoms with van der Waals surface area (Å²) in [6.07, 6.45) is 0. The first-order chi connectivity index (χ1) is 14.2. The Kier molecular flexibility index (Phi) is 6.37. The number of carbonyl (C=O) groups excluding carboxylic acids is 1. The summed E-state index contributed by atoms with van der Waals surface area (Å²) in [6.45, 7) is 3.32. The van der Waals surface area contributed by atoms with Crippen LogP contribution in [0.1, 0.15) is 11.1 Å². The number of anilines is 2. The van der Waals surface area contributed by atoms with E-state index in [0.29, 0.717) is 11.4 Å². The number of para-hydroxylation sites is 1. The Labute approximate surface area is 174 Å². The van der Waals surface area contributed by atoms with Gasteiger partial charge in [-0.1, -0.05) is 24.3 Å². The van der Waals surface area contributed by atoms with Crippen molar-refractivity contribution in [2.24, 2.45) is 0 Å². The number of benzene rings is 3. The Hall–Kier alpha value is -3.39. The SMILES string of the molecule is Cc1ccc(C)c(NS(=O)(=O)c2ccc(NC(=O)COc3ccccc3F)cc2)c1. The summed E-state index contributed by atoms with van der Waals surface area (Å²) in [4.78, 5) is 12.1. The zero-order valence-corrected chi connectivity index (χ0v) is 17.3. The smallest absolute Gasteiger partial charge is 0.262 e. The number of hydrogen-bond donors (Lipinski definition) is 2. The van der Waals surface area contributed by atoms with Gasteiger partial charge in [0.15, 0.2) is 18.2 Å². The van der Waals surface area contributed by atoms with E-state index in [2.05, 4.69) is 10.0 Å². The minimum Gasteiger partial charge on any atom is -0.481 e. The van der Waals surface area contributed by atoms with Gasteiger partial charge in [-0.2, -0.15) is 0 Å². The second-order valence-corrected chi connectivity index (χ2v) is 8.40. The maximum atomic E-state index is 13.5. The van der Waals surface area contributed by atoms with Crippen LogP contribution in [0, 0.1) is 19.7 Å². The lowest BCUT2D eigenvalue weighted by Gasteiger charge is -2.12. The highest BCUT2D eigenvalue weighted by molar-refractivity contribution is 7.92. The third-order valence-corrected chi connectivity index (χ3v) is 5.66. The first-order valence-electron chi connectivity index (χ1n) is 9.12. The van der Waals surface area contributed by atoms with E-state index in [4.69, 9.17) is 4.74 Å². The molecule has 0 bridgehead atoms. The predicted molar refractivity (Wildman–Crippen MR) is 114 cm³/mol. The lowest BCUT2D eigenvalue weighted by molar-refractivity contribution is -0.118. The molecule has 0 unspecified atom stereocenters. The minimum absolute atomic E-state index is 0.0217. The third-order valence-electron chi connectivity index (χ3n) is 4.28. The number of carbonyl (C=O) groups is 1. The second kappa shape index (κ2) is 8.96. The Morgan fingerprint density at radius 3 is 2.40 bits per heavy atom. The fraction of sp³-hybridized carbons (Fsp3) is 0.136. The monoisotopic (exact) mass is 428 g/mol. The van der Waals surface area contributed by atoms with Crippen molar-refractivity contribution in [3.05, 3.63) is 83.7 Å². The lowest BCUT2D eigenvalue weighted by Crippen LogP contribution is -2.20. The highest BCUT2D eigenvalue weighted by Crippen LogP contribution is 2.22. The number of sulfonamides is 1.